The number of aliphatic hydroxyl groups is 1. The third-order valence-electron chi connectivity index (χ3n) is 11.5. The maximum Gasteiger partial charge on any atom is 0.268 e. The van der Waals surface area contributed by atoms with E-state index >= 15 is 0 Å². The number of quaternary nitrogens is 1. The van der Waals surface area contributed by atoms with Crippen LogP contribution in [0.15, 0.2) is 12.2 Å². The van der Waals surface area contributed by atoms with Gasteiger partial charge in [-0.2, -0.15) is 0 Å². The van der Waals surface area contributed by atoms with Crippen LogP contribution in [-0.4, -0.2) is 68.5 Å². The number of unbranched alkanes of at least 4 members (excludes halogenated alkanes) is 33. The molecule has 0 bridgehead atoms. The Morgan fingerprint density at radius 2 is 0.931 bits per heavy atom. The highest BCUT2D eigenvalue weighted by atomic mass is 31.2. The molecule has 58 heavy (non-hydrogen) atoms. The van der Waals surface area contributed by atoms with Gasteiger partial charge < -0.3 is 28.8 Å². The van der Waals surface area contributed by atoms with E-state index < -0.39 is 20.0 Å². The van der Waals surface area contributed by atoms with Crippen molar-refractivity contribution in [1.29, 1.82) is 0 Å². The van der Waals surface area contributed by atoms with E-state index in [0.717, 1.165) is 38.5 Å². The summed E-state index contributed by atoms with van der Waals surface area (Å²) < 4.78 is 23.3. The van der Waals surface area contributed by atoms with Crippen LogP contribution in [0.3, 0.4) is 0 Å². The average Bonchev–Trinajstić information content (AvgIpc) is 3.17. The number of carbonyl (C=O) groups excluding carboxylic acids is 1. The summed E-state index contributed by atoms with van der Waals surface area (Å²) in [6, 6.07) is -0.880. The zero-order valence-electron chi connectivity index (χ0n) is 39.3. The number of rotatable bonds is 46. The van der Waals surface area contributed by atoms with Crippen molar-refractivity contribution in [3.63, 3.8) is 0 Å². The van der Waals surface area contributed by atoms with Crippen molar-refractivity contribution in [2.45, 2.75) is 257 Å². The van der Waals surface area contributed by atoms with Crippen molar-refractivity contribution < 1.29 is 32.9 Å². The Bertz CT molecular complexity index is 958. The van der Waals surface area contributed by atoms with Crippen molar-refractivity contribution in [3.8, 4) is 0 Å². The highest BCUT2D eigenvalue weighted by Gasteiger charge is 2.23. The molecule has 2 N–H and O–H groups in total. The third kappa shape index (κ3) is 43.3. The summed E-state index contributed by atoms with van der Waals surface area (Å²) in [4.78, 5) is 25.4. The Hall–Kier alpha value is -0.760. The summed E-state index contributed by atoms with van der Waals surface area (Å²) in [7, 11) is 1.27. The predicted octanol–water partition coefficient (Wildman–Crippen LogP) is 13.7. The van der Waals surface area contributed by atoms with E-state index in [1.54, 1.807) is 6.08 Å². The van der Waals surface area contributed by atoms with Gasteiger partial charge in [0, 0.05) is 6.42 Å². The molecule has 3 atom stereocenters. The largest absolute Gasteiger partial charge is 0.756 e. The zero-order valence-corrected chi connectivity index (χ0v) is 40.2. The molecule has 9 heteroatoms. The molecule has 0 saturated carbocycles. The number of amides is 1. The summed E-state index contributed by atoms with van der Waals surface area (Å²) in [6.07, 6.45) is 48.3. The topological polar surface area (TPSA) is 108 Å². The monoisotopic (exact) mass is 843 g/mol. The first-order chi connectivity index (χ1) is 28.0. The fourth-order valence-corrected chi connectivity index (χ4v) is 8.23. The number of phosphoric ester groups is 1. The number of aliphatic hydroxyl groups excluding tert-OH is 1. The van der Waals surface area contributed by atoms with E-state index in [2.05, 4.69) is 19.2 Å². The predicted molar refractivity (Wildman–Crippen MR) is 247 cm³/mol. The van der Waals surface area contributed by atoms with Gasteiger partial charge in [0.1, 0.15) is 13.2 Å². The molecule has 0 spiro atoms. The first kappa shape index (κ1) is 57.2. The molecule has 1 amide bonds. The van der Waals surface area contributed by atoms with E-state index in [4.69, 9.17) is 9.05 Å². The molecular formula is C49H99N2O6P. The fraction of sp³-hybridized carbons (Fsp3) is 0.939. The summed E-state index contributed by atoms with van der Waals surface area (Å²) >= 11 is 0. The molecule has 0 radical (unpaired) electrons. The molecule has 346 valence electrons. The minimum absolute atomic E-state index is 0.00237. The number of hydrogen-bond donors (Lipinski definition) is 2. The van der Waals surface area contributed by atoms with Crippen molar-refractivity contribution in [2.24, 2.45) is 0 Å². The van der Waals surface area contributed by atoms with Crippen molar-refractivity contribution in [3.05, 3.63) is 12.2 Å². The van der Waals surface area contributed by atoms with E-state index in [1.165, 1.54) is 186 Å². The van der Waals surface area contributed by atoms with Gasteiger partial charge in [-0.1, -0.05) is 231 Å². The SMILES string of the molecule is CCCCCCCCCCCCCCCC/C=C/[C@@H](O)[C@H](COP(=O)([O-])OCC[N+](C)(C)C)NC(=O)CCCCCCCCCCCCCCCCCCCCCC. The quantitative estimate of drug-likeness (QED) is 0.0273. The lowest BCUT2D eigenvalue weighted by molar-refractivity contribution is -0.870. The number of phosphoric acid groups is 1. The average molecular weight is 843 g/mol. The Kier molecular flexibility index (Phi) is 41.0. The Morgan fingerprint density at radius 3 is 1.29 bits per heavy atom. The molecule has 0 fully saturated rings. The summed E-state index contributed by atoms with van der Waals surface area (Å²) in [5.41, 5.74) is 0. The Labute approximate surface area is 361 Å². The fourth-order valence-electron chi connectivity index (χ4n) is 7.51. The lowest BCUT2D eigenvalue weighted by Crippen LogP contribution is -2.45. The normalized spacial score (nSPS) is 14.3. The molecule has 0 saturated heterocycles. The van der Waals surface area contributed by atoms with Crippen molar-refractivity contribution in [2.75, 3.05) is 40.9 Å². The molecule has 1 unspecified atom stereocenters. The number of hydrogen-bond acceptors (Lipinski definition) is 6. The zero-order chi connectivity index (χ0) is 42.8. The van der Waals surface area contributed by atoms with Crippen LogP contribution >= 0.6 is 7.82 Å². The molecule has 0 aliphatic rings. The van der Waals surface area contributed by atoms with Gasteiger partial charge in [-0.05, 0) is 19.3 Å². The highest BCUT2D eigenvalue weighted by molar-refractivity contribution is 7.45. The third-order valence-corrected chi connectivity index (χ3v) is 12.5. The van der Waals surface area contributed by atoms with Gasteiger partial charge >= 0.3 is 0 Å². The van der Waals surface area contributed by atoms with Crippen molar-refractivity contribution in [1.82, 2.24) is 5.32 Å². The molecule has 0 aliphatic carbocycles. The number of nitrogens with zero attached hydrogens (tertiary/aromatic N) is 1. The smallest absolute Gasteiger partial charge is 0.268 e. The second kappa shape index (κ2) is 41.6. The van der Waals surface area contributed by atoms with Crippen LogP contribution in [0.25, 0.3) is 0 Å². The highest BCUT2D eigenvalue weighted by Crippen LogP contribution is 2.38. The van der Waals surface area contributed by atoms with Gasteiger partial charge in [0.25, 0.3) is 7.82 Å². The second-order valence-corrected chi connectivity index (χ2v) is 19.9. The summed E-state index contributed by atoms with van der Waals surface area (Å²) in [5.74, 6) is -0.192. The first-order valence-electron chi connectivity index (χ1n) is 25.1. The minimum Gasteiger partial charge on any atom is -0.756 e. The second-order valence-electron chi connectivity index (χ2n) is 18.5. The van der Waals surface area contributed by atoms with Crippen LogP contribution in [-0.2, 0) is 18.4 Å². The standard InChI is InChI=1S/C49H99N2O6P/c1-6-8-10-12-14-16-18-20-22-24-25-26-27-29-31-33-35-37-39-41-43-49(53)50-47(46-57-58(54,55)56-45-44-51(3,4)5)48(52)42-40-38-36-34-32-30-28-23-21-19-17-15-13-11-9-7-2/h40,42,47-48,52H,6-39,41,43-46H2,1-5H3,(H-,50,53,54,55)/b42-40+/t47-,48+/m0/s1. The molecule has 0 aromatic heterocycles. The van der Waals surface area contributed by atoms with E-state index in [0.29, 0.717) is 17.4 Å². The molecule has 0 heterocycles. The van der Waals surface area contributed by atoms with Crippen LogP contribution in [0.1, 0.15) is 245 Å². The number of nitrogens with one attached hydrogen (secondary N) is 1. The van der Waals surface area contributed by atoms with E-state index in [-0.39, 0.29) is 19.1 Å². The van der Waals surface area contributed by atoms with Gasteiger partial charge in [-0.15, -0.1) is 0 Å². The number of allylic oxidation sites excluding steroid dienone is 1. The lowest BCUT2D eigenvalue weighted by Gasteiger charge is -2.29. The molecule has 0 aromatic rings. The van der Waals surface area contributed by atoms with Crippen LogP contribution in [0.2, 0.25) is 0 Å². The Morgan fingerprint density at radius 1 is 0.586 bits per heavy atom. The van der Waals surface area contributed by atoms with E-state index in [9.17, 15) is 19.4 Å². The minimum atomic E-state index is -4.58. The van der Waals surface area contributed by atoms with Crippen molar-refractivity contribution >= 4 is 13.7 Å². The van der Waals surface area contributed by atoms with Gasteiger partial charge in [0.2, 0.25) is 5.91 Å². The maximum absolute atomic E-state index is 12.9. The van der Waals surface area contributed by atoms with Crippen LogP contribution in [0.4, 0.5) is 0 Å². The molecule has 8 nitrogen and oxygen atoms in total. The van der Waals surface area contributed by atoms with Crippen LogP contribution < -0.4 is 10.2 Å². The number of likely N-dealkylation sites (N-methyl/N-ethyl adjacent to an activating group) is 1. The maximum atomic E-state index is 12.9. The van der Waals surface area contributed by atoms with Crippen LogP contribution in [0.5, 0.6) is 0 Å². The van der Waals surface area contributed by atoms with Crippen LogP contribution in [0, 0.1) is 0 Å². The Balaban J connectivity index is 4.28. The molecular weight excluding hydrogens is 744 g/mol. The molecule has 0 aliphatic heterocycles. The molecule has 0 rings (SSSR count). The lowest BCUT2D eigenvalue weighted by atomic mass is 10.0. The van der Waals surface area contributed by atoms with E-state index in [1.807, 2.05) is 27.2 Å². The van der Waals surface area contributed by atoms with Gasteiger partial charge in [-0.3, -0.25) is 9.36 Å². The first-order valence-corrected chi connectivity index (χ1v) is 26.5. The summed E-state index contributed by atoms with van der Waals surface area (Å²) in [6.45, 7) is 4.68. The summed E-state index contributed by atoms with van der Waals surface area (Å²) in [5, 5.41) is 13.8. The van der Waals surface area contributed by atoms with Gasteiger partial charge in [0.05, 0.1) is 39.9 Å². The molecule has 0 aromatic carbocycles. The number of carbonyl (C=O) groups is 1. The van der Waals surface area contributed by atoms with Gasteiger partial charge in [0.15, 0.2) is 0 Å². The van der Waals surface area contributed by atoms with Gasteiger partial charge in [-0.25, -0.2) is 0 Å².